The van der Waals surface area contributed by atoms with Gasteiger partial charge in [-0.05, 0) is 68.6 Å². The molecule has 3 rings (SSSR count). The first-order chi connectivity index (χ1) is 16.7. The number of carbonyl (C=O) groups is 4. The first-order valence-corrected chi connectivity index (χ1v) is 11.6. The average Bonchev–Trinajstić information content (AvgIpc) is 3.41. The number of urea groups is 1. The standard InChI is InChI=1S/C22H20Br2N2O9/c1-4-33-16(27)10-34-19-15(31-2)8-11(17(23)18(19)24)7-13-20(28)26(22(30)25-13)9-12-5-6-14(35-12)21(29)32-3/h5-8H,4,9-10H2,1-3H3,(H,25,30)/b13-7-. The number of nitrogens with zero attached hydrogens (tertiary/aromatic N) is 1. The second-order valence-corrected chi connectivity index (χ2v) is 8.44. The van der Waals surface area contributed by atoms with Crippen LogP contribution in [0, 0.1) is 0 Å². The smallest absolute Gasteiger partial charge is 0.373 e. The van der Waals surface area contributed by atoms with Crippen LogP contribution in [0.25, 0.3) is 6.08 Å². The van der Waals surface area contributed by atoms with Crippen LogP contribution in [-0.2, 0) is 25.6 Å². The monoisotopic (exact) mass is 614 g/mol. The van der Waals surface area contributed by atoms with Crippen molar-refractivity contribution in [2.75, 3.05) is 27.4 Å². The van der Waals surface area contributed by atoms with Crippen molar-refractivity contribution in [3.8, 4) is 11.5 Å². The van der Waals surface area contributed by atoms with Crippen molar-refractivity contribution in [2.45, 2.75) is 13.5 Å². The van der Waals surface area contributed by atoms with Gasteiger partial charge in [0.25, 0.3) is 5.91 Å². The number of rotatable bonds is 9. The molecule has 0 saturated carbocycles. The molecular weight excluding hydrogens is 596 g/mol. The molecule has 35 heavy (non-hydrogen) atoms. The summed E-state index contributed by atoms with van der Waals surface area (Å²) in [6.45, 7) is 1.39. The second kappa shape index (κ2) is 11.4. The molecule has 186 valence electrons. The van der Waals surface area contributed by atoms with Gasteiger partial charge in [0.1, 0.15) is 11.5 Å². The topological polar surface area (TPSA) is 134 Å². The fourth-order valence-electron chi connectivity index (χ4n) is 3.03. The highest BCUT2D eigenvalue weighted by molar-refractivity contribution is 9.13. The van der Waals surface area contributed by atoms with E-state index in [9.17, 15) is 19.2 Å². The number of nitrogens with one attached hydrogen (secondary N) is 1. The Morgan fingerprint density at radius 3 is 2.57 bits per heavy atom. The summed E-state index contributed by atoms with van der Waals surface area (Å²) in [5, 5.41) is 2.51. The number of carbonyl (C=O) groups excluding carboxylic acids is 4. The van der Waals surface area contributed by atoms with Crippen molar-refractivity contribution in [3.05, 3.63) is 49.9 Å². The van der Waals surface area contributed by atoms with Gasteiger partial charge in [0.05, 0.1) is 31.8 Å². The Morgan fingerprint density at radius 1 is 1.17 bits per heavy atom. The minimum absolute atomic E-state index is 0.00425. The summed E-state index contributed by atoms with van der Waals surface area (Å²) in [6, 6.07) is 3.78. The molecule has 1 aliphatic heterocycles. The van der Waals surface area contributed by atoms with Crippen LogP contribution in [0.15, 0.2) is 37.3 Å². The lowest BCUT2D eigenvalue weighted by molar-refractivity contribution is -0.145. The molecular formula is C22H20Br2N2O9. The minimum atomic E-state index is -0.673. The maximum Gasteiger partial charge on any atom is 0.373 e. The van der Waals surface area contributed by atoms with Crippen LogP contribution < -0.4 is 14.8 Å². The summed E-state index contributed by atoms with van der Waals surface area (Å²) in [4.78, 5) is 49.4. The van der Waals surface area contributed by atoms with Gasteiger partial charge in [-0.1, -0.05) is 0 Å². The predicted molar refractivity (Wildman–Crippen MR) is 128 cm³/mol. The summed E-state index contributed by atoms with van der Waals surface area (Å²) in [5.41, 5.74) is 0.485. The number of methoxy groups -OCH3 is 2. The lowest BCUT2D eigenvalue weighted by Gasteiger charge is -2.15. The minimum Gasteiger partial charge on any atom is -0.493 e. The molecule has 1 aromatic carbocycles. The van der Waals surface area contributed by atoms with Crippen molar-refractivity contribution in [2.24, 2.45) is 0 Å². The molecule has 0 radical (unpaired) electrons. The van der Waals surface area contributed by atoms with Crippen molar-refractivity contribution >= 4 is 61.8 Å². The Kier molecular flexibility index (Phi) is 8.57. The maximum absolute atomic E-state index is 12.9. The van der Waals surface area contributed by atoms with Gasteiger partial charge >= 0.3 is 18.0 Å². The van der Waals surface area contributed by atoms with Gasteiger partial charge in [-0.15, -0.1) is 0 Å². The van der Waals surface area contributed by atoms with E-state index < -0.39 is 23.9 Å². The first kappa shape index (κ1) is 26.3. The molecule has 0 spiro atoms. The Morgan fingerprint density at radius 2 is 1.91 bits per heavy atom. The molecule has 0 atom stereocenters. The molecule has 0 unspecified atom stereocenters. The molecule has 1 N–H and O–H groups in total. The molecule has 13 heteroatoms. The largest absolute Gasteiger partial charge is 0.493 e. The average molecular weight is 616 g/mol. The zero-order chi connectivity index (χ0) is 25.7. The van der Waals surface area contributed by atoms with Crippen LogP contribution >= 0.6 is 31.9 Å². The third-order valence-electron chi connectivity index (χ3n) is 4.64. The lowest BCUT2D eigenvalue weighted by Crippen LogP contribution is -2.30. The molecule has 1 aromatic heterocycles. The molecule has 1 fully saturated rings. The van der Waals surface area contributed by atoms with E-state index >= 15 is 0 Å². The third kappa shape index (κ3) is 5.85. The summed E-state index contributed by atoms with van der Waals surface area (Å²) >= 11 is 6.83. The number of ether oxygens (including phenoxy) is 4. The van der Waals surface area contributed by atoms with E-state index in [0.29, 0.717) is 14.5 Å². The van der Waals surface area contributed by atoms with Gasteiger partial charge < -0.3 is 28.7 Å². The highest BCUT2D eigenvalue weighted by atomic mass is 79.9. The van der Waals surface area contributed by atoms with Crippen molar-refractivity contribution in [1.82, 2.24) is 10.2 Å². The highest BCUT2D eigenvalue weighted by Crippen LogP contribution is 2.43. The van der Waals surface area contributed by atoms with E-state index in [1.807, 2.05) is 0 Å². The van der Waals surface area contributed by atoms with Crippen molar-refractivity contribution < 1.29 is 42.5 Å². The summed E-state index contributed by atoms with van der Waals surface area (Å²) in [6.07, 6.45) is 1.45. The van der Waals surface area contributed by atoms with Crippen LogP contribution in [0.2, 0.25) is 0 Å². The zero-order valence-corrected chi connectivity index (χ0v) is 22.0. The number of amides is 3. The highest BCUT2D eigenvalue weighted by Gasteiger charge is 2.35. The molecule has 2 heterocycles. The molecule has 1 aliphatic rings. The van der Waals surface area contributed by atoms with E-state index in [2.05, 4.69) is 41.9 Å². The fourth-order valence-corrected chi connectivity index (χ4v) is 3.98. The Bertz CT molecular complexity index is 1210. The van der Waals surface area contributed by atoms with Crippen LogP contribution in [0.3, 0.4) is 0 Å². The van der Waals surface area contributed by atoms with Gasteiger partial charge in [0.15, 0.2) is 18.1 Å². The molecule has 11 nitrogen and oxygen atoms in total. The van der Waals surface area contributed by atoms with Gasteiger partial charge in [0.2, 0.25) is 5.76 Å². The van der Waals surface area contributed by atoms with Gasteiger partial charge in [-0.3, -0.25) is 9.69 Å². The summed E-state index contributed by atoms with van der Waals surface area (Å²) < 4.78 is 26.6. The van der Waals surface area contributed by atoms with Gasteiger partial charge in [0, 0.05) is 4.47 Å². The zero-order valence-electron chi connectivity index (χ0n) is 18.8. The number of halogens is 2. The number of benzene rings is 1. The molecule has 3 amide bonds. The van der Waals surface area contributed by atoms with E-state index in [1.54, 1.807) is 13.0 Å². The number of furan rings is 1. The van der Waals surface area contributed by atoms with Crippen molar-refractivity contribution in [1.29, 1.82) is 0 Å². The maximum atomic E-state index is 12.9. The third-order valence-corrected chi connectivity index (χ3v) is 6.78. The van der Waals surface area contributed by atoms with Crippen LogP contribution in [-0.4, -0.2) is 56.2 Å². The number of imide groups is 1. The number of hydrogen-bond donors (Lipinski definition) is 1. The Labute approximate surface area is 216 Å². The molecule has 0 aliphatic carbocycles. The van der Waals surface area contributed by atoms with Crippen LogP contribution in [0.4, 0.5) is 4.79 Å². The molecule has 0 bridgehead atoms. The number of hydrogen-bond acceptors (Lipinski definition) is 9. The predicted octanol–water partition coefficient (Wildman–Crippen LogP) is 3.63. The van der Waals surface area contributed by atoms with Crippen LogP contribution in [0.1, 0.15) is 28.8 Å². The molecule has 1 saturated heterocycles. The second-order valence-electron chi connectivity index (χ2n) is 6.86. The summed E-state index contributed by atoms with van der Waals surface area (Å²) in [5.74, 6) is -1.12. The van der Waals surface area contributed by atoms with E-state index in [1.165, 1.54) is 32.4 Å². The van der Waals surface area contributed by atoms with Gasteiger partial charge in [-0.2, -0.15) is 0 Å². The first-order valence-electron chi connectivity index (χ1n) is 10.1. The fraction of sp³-hybridized carbons (Fsp3) is 0.273. The van der Waals surface area contributed by atoms with Crippen molar-refractivity contribution in [3.63, 3.8) is 0 Å². The Balaban J connectivity index is 1.83. The number of esters is 2. The van der Waals surface area contributed by atoms with E-state index in [0.717, 1.165) is 4.90 Å². The van der Waals surface area contributed by atoms with Crippen LogP contribution in [0.5, 0.6) is 11.5 Å². The summed E-state index contributed by atoms with van der Waals surface area (Å²) in [7, 11) is 2.63. The quantitative estimate of drug-likeness (QED) is 0.255. The molecule has 2 aromatic rings. The lowest BCUT2D eigenvalue weighted by atomic mass is 10.1. The Hall–Kier alpha value is -3.32. The SMILES string of the molecule is CCOC(=O)COc1c(OC)cc(/C=C2\NC(=O)N(Cc3ccc(C(=O)OC)o3)C2=O)c(Br)c1Br. The van der Waals surface area contributed by atoms with Gasteiger partial charge in [-0.25, -0.2) is 14.4 Å². The van der Waals surface area contributed by atoms with E-state index in [4.69, 9.17) is 18.6 Å². The normalized spacial score (nSPS) is 14.2. The van der Waals surface area contributed by atoms with E-state index in [-0.39, 0.29) is 48.5 Å².